The van der Waals surface area contributed by atoms with E-state index in [1.165, 1.54) is 16.0 Å². The van der Waals surface area contributed by atoms with Crippen LogP contribution >= 0.6 is 0 Å². The number of aliphatic hydroxyl groups excluding tert-OH is 1. The van der Waals surface area contributed by atoms with E-state index in [2.05, 4.69) is 10.6 Å². The van der Waals surface area contributed by atoms with Crippen molar-refractivity contribution in [1.82, 2.24) is 20.6 Å². The van der Waals surface area contributed by atoms with Gasteiger partial charge in [0.05, 0.1) is 13.2 Å². The molecule has 4 fully saturated rings. The molecular weight excluding hydrogens is 729 g/mol. The maximum Gasteiger partial charge on any atom is 0.327 e. The lowest BCUT2D eigenvalue weighted by Crippen LogP contribution is -2.69. The van der Waals surface area contributed by atoms with Crippen LogP contribution in [0.1, 0.15) is 44.6 Å². The molecule has 0 spiro atoms. The van der Waals surface area contributed by atoms with Crippen LogP contribution in [-0.4, -0.2) is 96.5 Å². The van der Waals surface area contributed by atoms with Crippen LogP contribution in [0.2, 0.25) is 0 Å². The summed E-state index contributed by atoms with van der Waals surface area (Å²) in [5.41, 5.74) is 2.50. The Morgan fingerprint density at radius 1 is 0.877 bits per heavy atom. The van der Waals surface area contributed by atoms with Crippen LogP contribution < -0.4 is 10.6 Å². The number of ether oxygens (including phenoxy) is 3. The fraction of sp³-hybridized carbons (Fsp3) is 0.318. The second kappa shape index (κ2) is 15.7. The van der Waals surface area contributed by atoms with Gasteiger partial charge in [0.25, 0.3) is 5.91 Å². The van der Waals surface area contributed by atoms with Gasteiger partial charge in [-0.1, -0.05) is 97.1 Å². The van der Waals surface area contributed by atoms with Gasteiger partial charge >= 0.3 is 5.97 Å². The molecule has 4 aromatic carbocycles. The van der Waals surface area contributed by atoms with Gasteiger partial charge in [0.2, 0.25) is 17.6 Å². The van der Waals surface area contributed by atoms with E-state index in [9.17, 15) is 19.2 Å². The van der Waals surface area contributed by atoms with E-state index in [-0.39, 0.29) is 44.5 Å². The number of hydroxylamine groups is 2. The maximum atomic E-state index is 15.0. The molecule has 13 nitrogen and oxygen atoms in total. The number of fused-ring (bicyclic) bond motifs is 4. The SMILES string of the molecule is CN(C)C(=O)C=Cc1ccccc1CN1OC2C3OC(c4ccccc4)(c4ccccc4)OC3C3CC2(C(=O)NCc2cccc(C(=O)NCCO)c2)C1C(=O)O3. The Morgan fingerprint density at radius 3 is 2.26 bits per heavy atom. The van der Waals surface area contributed by atoms with E-state index in [1.807, 2.05) is 84.9 Å². The Hall–Kier alpha value is -5.70. The van der Waals surface area contributed by atoms with Gasteiger partial charge in [-0.3, -0.25) is 24.0 Å². The molecule has 0 aromatic heterocycles. The molecule has 8 rings (SSSR count). The predicted octanol–water partition coefficient (Wildman–Crippen LogP) is 3.31. The fourth-order valence-electron chi connectivity index (χ4n) is 8.45. The predicted molar refractivity (Wildman–Crippen MR) is 206 cm³/mol. The molecule has 1 aliphatic carbocycles. The first-order chi connectivity index (χ1) is 27.6. The normalized spacial score (nSPS) is 25.7. The Morgan fingerprint density at radius 2 is 1.56 bits per heavy atom. The van der Waals surface area contributed by atoms with E-state index in [1.54, 1.807) is 44.4 Å². The quantitative estimate of drug-likeness (QED) is 0.144. The molecule has 3 amide bonds. The molecule has 1 saturated carbocycles. The Balaban J connectivity index is 1.17. The molecule has 13 heteroatoms. The van der Waals surface area contributed by atoms with Crippen molar-refractivity contribution in [2.45, 2.75) is 55.8 Å². The van der Waals surface area contributed by atoms with Crippen LogP contribution in [0.3, 0.4) is 0 Å². The zero-order valence-corrected chi connectivity index (χ0v) is 31.6. The van der Waals surface area contributed by atoms with Gasteiger partial charge < -0.3 is 34.9 Å². The standard InChI is InChI=1S/C44H44N4O9/c1-47(2)35(50)21-20-29-13-9-10-14-31(29)27-48-38-41(52)54-34-25-43(38,42(53)46-26-28-12-11-15-30(24-28)40(51)45-22-23-49)39(57-48)37-36(34)55-44(56-37,32-16-5-3-6-17-32)33-18-7-4-8-19-33/h3-21,24,34,36-39,49H,22-23,25-27H2,1-2H3,(H,45,51)(H,46,53). The lowest BCUT2D eigenvalue weighted by atomic mass is 9.62. The highest BCUT2D eigenvalue weighted by Gasteiger charge is 2.76. The van der Waals surface area contributed by atoms with E-state index in [0.29, 0.717) is 11.1 Å². The molecule has 3 saturated heterocycles. The summed E-state index contributed by atoms with van der Waals surface area (Å²) in [6.45, 7) is 0.0507. The monoisotopic (exact) mass is 772 g/mol. The molecule has 4 aliphatic rings. The van der Waals surface area contributed by atoms with Crippen molar-refractivity contribution in [2.75, 3.05) is 27.2 Å². The van der Waals surface area contributed by atoms with Gasteiger partial charge in [-0.25, -0.2) is 0 Å². The first kappa shape index (κ1) is 38.2. The molecule has 3 N–H and O–H groups in total. The molecule has 0 radical (unpaired) electrons. The van der Waals surface area contributed by atoms with Crippen LogP contribution in [0.25, 0.3) is 6.08 Å². The van der Waals surface area contributed by atoms with Crippen LogP contribution in [0.15, 0.2) is 115 Å². The number of nitrogens with one attached hydrogen (secondary N) is 2. The summed E-state index contributed by atoms with van der Waals surface area (Å²) in [5, 5.41) is 16.4. The third-order valence-corrected chi connectivity index (χ3v) is 11.2. The highest BCUT2D eigenvalue weighted by molar-refractivity contribution is 5.95. The highest BCUT2D eigenvalue weighted by Crippen LogP contribution is 2.59. The minimum Gasteiger partial charge on any atom is -0.458 e. The number of amides is 3. The zero-order chi connectivity index (χ0) is 39.7. The fourth-order valence-corrected chi connectivity index (χ4v) is 8.45. The average Bonchev–Trinajstić information content (AvgIpc) is 3.82. The van der Waals surface area contributed by atoms with Crippen LogP contribution in [0.4, 0.5) is 0 Å². The number of hydrogen-bond donors (Lipinski definition) is 3. The first-order valence-electron chi connectivity index (χ1n) is 19.0. The Kier molecular flexibility index (Phi) is 10.5. The van der Waals surface area contributed by atoms with Crippen molar-refractivity contribution in [3.63, 3.8) is 0 Å². The molecule has 6 unspecified atom stereocenters. The Labute approximate surface area is 330 Å². The number of carbonyl (C=O) groups excluding carboxylic acids is 4. The lowest BCUT2D eigenvalue weighted by Gasteiger charge is -2.48. The van der Waals surface area contributed by atoms with Crippen LogP contribution in [0.5, 0.6) is 0 Å². The van der Waals surface area contributed by atoms with Gasteiger partial charge in [0.15, 0.2) is 6.04 Å². The van der Waals surface area contributed by atoms with E-state index < -0.39 is 53.5 Å². The molecule has 294 valence electrons. The molecular formula is C44H44N4O9. The molecule has 57 heavy (non-hydrogen) atoms. The van der Waals surface area contributed by atoms with Gasteiger partial charge in [-0.15, -0.1) is 0 Å². The minimum absolute atomic E-state index is 0.0534. The van der Waals surface area contributed by atoms with Crippen molar-refractivity contribution in [3.05, 3.63) is 149 Å². The summed E-state index contributed by atoms with van der Waals surface area (Å²) in [7, 11) is 3.34. The van der Waals surface area contributed by atoms with Gasteiger partial charge in [-0.05, 0) is 34.9 Å². The van der Waals surface area contributed by atoms with Gasteiger partial charge in [0, 0.05) is 56.4 Å². The number of benzene rings is 4. The van der Waals surface area contributed by atoms with Crippen molar-refractivity contribution in [3.8, 4) is 0 Å². The topological polar surface area (TPSA) is 156 Å². The molecule has 4 aromatic rings. The van der Waals surface area contributed by atoms with Gasteiger partial charge in [-0.2, -0.15) is 5.06 Å². The summed E-state index contributed by atoms with van der Waals surface area (Å²) in [6.07, 6.45) is -0.185. The summed E-state index contributed by atoms with van der Waals surface area (Å²) in [5.74, 6) is -3.00. The first-order valence-corrected chi connectivity index (χ1v) is 19.0. The zero-order valence-electron chi connectivity index (χ0n) is 31.6. The van der Waals surface area contributed by atoms with Crippen molar-refractivity contribution in [1.29, 1.82) is 0 Å². The van der Waals surface area contributed by atoms with E-state index in [4.69, 9.17) is 24.2 Å². The lowest BCUT2D eigenvalue weighted by molar-refractivity contribution is -0.213. The van der Waals surface area contributed by atoms with E-state index in [0.717, 1.165) is 22.3 Å². The van der Waals surface area contributed by atoms with Gasteiger partial charge in [0.1, 0.15) is 29.8 Å². The molecule has 2 bridgehead atoms. The van der Waals surface area contributed by atoms with Crippen LogP contribution in [-0.2, 0) is 52.3 Å². The second-order valence-corrected chi connectivity index (χ2v) is 14.9. The van der Waals surface area contributed by atoms with Crippen molar-refractivity contribution >= 4 is 29.8 Å². The number of carbonyl (C=O) groups is 4. The summed E-state index contributed by atoms with van der Waals surface area (Å²) < 4.78 is 20.2. The number of likely N-dealkylation sites (N-methyl/N-ethyl adjacent to an activating group) is 1. The number of hydrogen-bond acceptors (Lipinski definition) is 10. The Bertz CT molecular complexity index is 2140. The molecule has 3 aliphatic heterocycles. The average molecular weight is 773 g/mol. The highest BCUT2D eigenvalue weighted by atomic mass is 16.8. The minimum atomic E-state index is -1.48. The summed E-state index contributed by atoms with van der Waals surface area (Å²) in [6, 6.07) is 32.2. The summed E-state index contributed by atoms with van der Waals surface area (Å²) in [4.78, 5) is 62.8. The van der Waals surface area contributed by atoms with Crippen molar-refractivity contribution in [2.24, 2.45) is 5.41 Å². The number of nitrogens with zero attached hydrogens (tertiary/aromatic N) is 2. The third kappa shape index (κ3) is 6.91. The number of esters is 1. The smallest absolute Gasteiger partial charge is 0.327 e. The maximum absolute atomic E-state index is 15.0. The number of rotatable bonds is 12. The van der Waals surface area contributed by atoms with Crippen molar-refractivity contribution < 1.29 is 43.3 Å². The van der Waals surface area contributed by atoms with E-state index >= 15 is 0 Å². The van der Waals surface area contributed by atoms with Crippen LogP contribution in [0, 0.1) is 5.41 Å². The molecule has 3 heterocycles. The number of aliphatic hydroxyl groups is 1. The third-order valence-electron chi connectivity index (χ3n) is 11.2. The largest absolute Gasteiger partial charge is 0.458 e. The summed E-state index contributed by atoms with van der Waals surface area (Å²) >= 11 is 0. The molecule has 6 atom stereocenters. The second-order valence-electron chi connectivity index (χ2n) is 14.9.